The summed E-state index contributed by atoms with van der Waals surface area (Å²) in [5.41, 5.74) is -0.753. The lowest BCUT2D eigenvalue weighted by Gasteiger charge is -2.30. The Morgan fingerprint density at radius 2 is 1.61 bits per heavy atom. The molecule has 0 aromatic heterocycles. The molecule has 108 valence electrons. The van der Waals surface area contributed by atoms with Crippen LogP contribution >= 0.6 is 0 Å². The molecule has 4 nitrogen and oxygen atoms in total. The van der Waals surface area contributed by atoms with Crippen molar-refractivity contribution in [1.29, 1.82) is 0 Å². The Labute approximate surface area is 112 Å². The topological polar surface area (TPSA) is 43.8 Å². The first-order chi connectivity index (χ1) is 8.34. The summed E-state index contributed by atoms with van der Waals surface area (Å²) in [7, 11) is 0. The summed E-state index contributed by atoms with van der Waals surface area (Å²) < 4.78 is 0. The van der Waals surface area contributed by atoms with Crippen molar-refractivity contribution in [3.63, 3.8) is 0 Å². The van der Waals surface area contributed by atoms with E-state index >= 15 is 0 Å². The van der Waals surface area contributed by atoms with Gasteiger partial charge in [-0.15, -0.1) is 0 Å². The van der Waals surface area contributed by atoms with Gasteiger partial charge in [-0.25, -0.2) is 0 Å². The van der Waals surface area contributed by atoms with Gasteiger partial charge in [0.1, 0.15) is 0 Å². The van der Waals surface area contributed by atoms with Gasteiger partial charge in [0.25, 0.3) is 0 Å². The van der Waals surface area contributed by atoms with Gasteiger partial charge in [0.2, 0.25) is 5.91 Å². The largest absolute Gasteiger partial charge is 0.389 e. The van der Waals surface area contributed by atoms with E-state index in [-0.39, 0.29) is 5.91 Å². The first-order valence-electron chi connectivity index (χ1n) is 7.06. The first kappa shape index (κ1) is 17.4. The average Bonchev–Trinajstić information content (AvgIpc) is 2.26. The minimum absolute atomic E-state index is 0.171. The quantitative estimate of drug-likeness (QED) is 0.685. The van der Waals surface area contributed by atoms with Crippen LogP contribution in [0.5, 0.6) is 0 Å². The lowest BCUT2D eigenvalue weighted by Crippen LogP contribution is -2.45. The molecule has 1 N–H and O–H groups in total. The number of hydrogen-bond acceptors (Lipinski definition) is 3. The SMILES string of the molecule is CCCN(CCC)C(=O)CN(CC)CC(C)(C)O. The molecule has 0 fully saturated rings. The van der Waals surface area contributed by atoms with Crippen molar-refractivity contribution in [3.05, 3.63) is 0 Å². The van der Waals surface area contributed by atoms with Crippen LogP contribution in [0.3, 0.4) is 0 Å². The second-order valence-electron chi connectivity index (χ2n) is 5.50. The van der Waals surface area contributed by atoms with Crippen molar-refractivity contribution in [3.8, 4) is 0 Å². The third-order valence-electron chi connectivity index (χ3n) is 2.76. The summed E-state index contributed by atoms with van der Waals surface area (Å²) in [6.07, 6.45) is 1.98. The molecule has 0 unspecified atom stereocenters. The van der Waals surface area contributed by atoms with Gasteiger partial charge >= 0.3 is 0 Å². The van der Waals surface area contributed by atoms with Crippen molar-refractivity contribution in [2.45, 2.75) is 53.1 Å². The van der Waals surface area contributed by atoms with Crippen LogP contribution < -0.4 is 0 Å². The number of nitrogens with zero attached hydrogens (tertiary/aromatic N) is 2. The predicted molar refractivity (Wildman–Crippen MR) is 75.6 cm³/mol. The minimum Gasteiger partial charge on any atom is -0.389 e. The predicted octanol–water partition coefficient (Wildman–Crippen LogP) is 1.73. The number of amides is 1. The minimum atomic E-state index is -0.753. The molecule has 0 aliphatic carbocycles. The average molecular weight is 258 g/mol. The van der Waals surface area contributed by atoms with Crippen LogP contribution in [0.25, 0.3) is 0 Å². The van der Waals surface area contributed by atoms with Gasteiger partial charge in [0.05, 0.1) is 12.1 Å². The Bertz CT molecular complexity index is 230. The molecule has 4 heteroatoms. The molecular formula is C14H30N2O2. The molecule has 0 aliphatic heterocycles. The van der Waals surface area contributed by atoms with E-state index in [0.717, 1.165) is 32.5 Å². The Hall–Kier alpha value is -0.610. The highest BCUT2D eigenvalue weighted by Gasteiger charge is 2.21. The van der Waals surface area contributed by atoms with Gasteiger partial charge in [-0.3, -0.25) is 9.69 Å². The highest BCUT2D eigenvalue weighted by Crippen LogP contribution is 2.06. The standard InChI is InChI=1S/C14H30N2O2/c1-6-9-16(10-7-2)13(17)11-15(8-3)12-14(4,5)18/h18H,6-12H2,1-5H3. The number of carbonyl (C=O) groups is 1. The maximum Gasteiger partial charge on any atom is 0.236 e. The molecule has 0 atom stereocenters. The van der Waals surface area contributed by atoms with Crippen LogP contribution in [0.4, 0.5) is 0 Å². The van der Waals surface area contributed by atoms with Crippen LogP contribution in [-0.4, -0.2) is 59.1 Å². The summed E-state index contributed by atoms with van der Waals surface area (Å²) in [4.78, 5) is 16.1. The Kier molecular flexibility index (Phi) is 8.20. The monoisotopic (exact) mass is 258 g/mol. The normalized spacial score (nSPS) is 11.9. The van der Waals surface area contributed by atoms with Gasteiger partial charge in [-0.2, -0.15) is 0 Å². The van der Waals surface area contributed by atoms with Crippen molar-refractivity contribution in [1.82, 2.24) is 9.80 Å². The van der Waals surface area contributed by atoms with E-state index in [1.54, 1.807) is 13.8 Å². The van der Waals surface area contributed by atoms with E-state index in [4.69, 9.17) is 0 Å². The van der Waals surface area contributed by atoms with E-state index in [9.17, 15) is 9.90 Å². The summed E-state index contributed by atoms with van der Waals surface area (Å²) in [6.45, 7) is 13.1. The van der Waals surface area contributed by atoms with Gasteiger partial charge in [0, 0.05) is 19.6 Å². The smallest absolute Gasteiger partial charge is 0.236 e. The van der Waals surface area contributed by atoms with Crippen molar-refractivity contribution >= 4 is 5.91 Å². The van der Waals surface area contributed by atoms with E-state index in [1.165, 1.54) is 0 Å². The van der Waals surface area contributed by atoms with Crippen LogP contribution in [0, 0.1) is 0 Å². The van der Waals surface area contributed by atoms with Crippen LogP contribution in [0.15, 0.2) is 0 Å². The van der Waals surface area contributed by atoms with E-state index < -0.39 is 5.60 Å². The summed E-state index contributed by atoms with van der Waals surface area (Å²) >= 11 is 0. The third-order valence-corrected chi connectivity index (χ3v) is 2.76. The van der Waals surface area contributed by atoms with Crippen LogP contribution in [0.2, 0.25) is 0 Å². The highest BCUT2D eigenvalue weighted by molar-refractivity contribution is 5.78. The maximum atomic E-state index is 12.2. The zero-order valence-electron chi connectivity index (χ0n) is 12.7. The molecule has 0 heterocycles. The number of hydrogen-bond donors (Lipinski definition) is 1. The summed E-state index contributed by atoms with van der Waals surface area (Å²) in [6, 6.07) is 0. The molecule has 0 saturated carbocycles. The summed E-state index contributed by atoms with van der Waals surface area (Å²) in [5.74, 6) is 0.171. The van der Waals surface area contributed by atoms with Gasteiger partial charge < -0.3 is 10.0 Å². The Morgan fingerprint density at radius 1 is 1.11 bits per heavy atom. The Balaban J connectivity index is 4.38. The number of rotatable bonds is 9. The molecule has 0 rings (SSSR count). The number of likely N-dealkylation sites (N-methyl/N-ethyl adjacent to an activating group) is 1. The maximum absolute atomic E-state index is 12.2. The highest BCUT2D eigenvalue weighted by atomic mass is 16.3. The van der Waals surface area contributed by atoms with E-state index in [2.05, 4.69) is 13.8 Å². The lowest BCUT2D eigenvalue weighted by atomic mass is 10.1. The molecule has 0 aromatic rings. The fourth-order valence-electron chi connectivity index (χ4n) is 2.02. The molecule has 0 radical (unpaired) electrons. The second-order valence-corrected chi connectivity index (χ2v) is 5.50. The van der Waals surface area contributed by atoms with Crippen molar-refractivity contribution in [2.75, 3.05) is 32.7 Å². The molecule has 0 aliphatic rings. The fraction of sp³-hybridized carbons (Fsp3) is 0.929. The van der Waals surface area contributed by atoms with Crippen molar-refractivity contribution < 1.29 is 9.90 Å². The van der Waals surface area contributed by atoms with Gasteiger partial charge in [-0.05, 0) is 33.2 Å². The Morgan fingerprint density at radius 3 is 1.94 bits per heavy atom. The number of aliphatic hydroxyl groups is 1. The lowest BCUT2D eigenvalue weighted by molar-refractivity contribution is -0.133. The third kappa shape index (κ3) is 7.67. The van der Waals surface area contributed by atoms with Crippen molar-refractivity contribution in [2.24, 2.45) is 0 Å². The molecular weight excluding hydrogens is 228 g/mol. The van der Waals surface area contributed by atoms with Gasteiger partial charge in [0.15, 0.2) is 0 Å². The van der Waals surface area contributed by atoms with Crippen LogP contribution in [-0.2, 0) is 4.79 Å². The first-order valence-corrected chi connectivity index (χ1v) is 7.06. The number of carbonyl (C=O) groups excluding carboxylic acids is 1. The molecule has 0 aromatic carbocycles. The second kappa shape index (κ2) is 8.48. The molecule has 0 saturated heterocycles. The fourth-order valence-corrected chi connectivity index (χ4v) is 2.02. The zero-order chi connectivity index (χ0) is 14.2. The molecule has 18 heavy (non-hydrogen) atoms. The van der Waals surface area contributed by atoms with E-state index in [0.29, 0.717) is 13.1 Å². The van der Waals surface area contributed by atoms with Crippen LogP contribution in [0.1, 0.15) is 47.5 Å². The molecule has 0 bridgehead atoms. The summed E-state index contributed by atoms with van der Waals surface area (Å²) in [5, 5.41) is 9.81. The van der Waals surface area contributed by atoms with Gasteiger partial charge in [-0.1, -0.05) is 20.8 Å². The molecule has 1 amide bonds. The molecule has 0 spiro atoms. The zero-order valence-corrected chi connectivity index (χ0v) is 12.7. The van der Waals surface area contributed by atoms with E-state index in [1.807, 2.05) is 16.7 Å².